The first-order chi connectivity index (χ1) is 21.2. The SMILES string of the molecule is O=c1[nH]c2ccccc2n1C1CCN(Cc2ccc(-c3nc4c(ccc5ccccc54)nc3-c3ccccc3)cc2)CC1. The van der Waals surface area contributed by atoms with Crippen molar-refractivity contribution in [3.63, 3.8) is 0 Å². The summed E-state index contributed by atoms with van der Waals surface area (Å²) in [7, 11) is 0. The van der Waals surface area contributed by atoms with Crippen LogP contribution in [0.15, 0.2) is 120 Å². The van der Waals surface area contributed by atoms with Gasteiger partial charge in [0.05, 0.1) is 33.5 Å². The van der Waals surface area contributed by atoms with Gasteiger partial charge in [-0.3, -0.25) is 9.47 Å². The van der Waals surface area contributed by atoms with Gasteiger partial charge in [-0.1, -0.05) is 97.1 Å². The van der Waals surface area contributed by atoms with Gasteiger partial charge in [0.15, 0.2) is 0 Å². The van der Waals surface area contributed by atoms with E-state index in [0.717, 1.165) is 87.8 Å². The van der Waals surface area contributed by atoms with E-state index in [0.29, 0.717) is 0 Å². The van der Waals surface area contributed by atoms with E-state index in [9.17, 15) is 4.79 Å². The summed E-state index contributed by atoms with van der Waals surface area (Å²) in [6.45, 7) is 2.80. The van der Waals surface area contributed by atoms with Crippen molar-refractivity contribution in [3.05, 3.63) is 131 Å². The highest BCUT2D eigenvalue weighted by Crippen LogP contribution is 2.34. The fourth-order valence-corrected chi connectivity index (χ4v) is 6.59. The Balaban J connectivity index is 1.06. The van der Waals surface area contributed by atoms with Gasteiger partial charge in [0.1, 0.15) is 0 Å². The number of nitrogens with zero attached hydrogens (tertiary/aromatic N) is 4. The molecular weight excluding hydrogens is 530 g/mol. The second kappa shape index (κ2) is 10.6. The Kier molecular flexibility index (Phi) is 6.34. The lowest BCUT2D eigenvalue weighted by Crippen LogP contribution is -2.36. The minimum Gasteiger partial charge on any atom is -0.306 e. The van der Waals surface area contributed by atoms with Gasteiger partial charge in [-0.2, -0.15) is 0 Å². The van der Waals surface area contributed by atoms with Crippen molar-refractivity contribution in [1.82, 2.24) is 24.4 Å². The van der Waals surface area contributed by atoms with Gasteiger partial charge in [-0.25, -0.2) is 14.8 Å². The minimum absolute atomic E-state index is 0.00472. The van der Waals surface area contributed by atoms with E-state index in [1.807, 2.05) is 47.0 Å². The summed E-state index contributed by atoms with van der Waals surface area (Å²) in [5, 5.41) is 2.28. The Morgan fingerprint density at radius 1 is 0.698 bits per heavy atom. The summed E-state index contributed by atoms with van der Waals surface area (Å²) in [4.78, 5) is 28.6. The number of fused-ring (bicyclic) bond motifs is 4. The Bertz CT molecular complexity index is 2140. The van der Waals surface area contributed by atoms with Crippen LogP contribution < -0.4 is 5.69 Å². The summed E-state index contributed by atoms with van der Waals surface area (Å²) in [6.07, 6.45) is 1.92. The highest BCUT2D eigenvalue weighted by molar-refractivity contribution is 6.05. The van der Waals surface area contributed by atoms with E-state index < -0.39 is 0 Å². The molecule has 0 spiro atoms. The highest BCUT2D eigenvalue weighted by atomic mass is 16.1. The molecular formula is C37H31N5O. The summed E-state index contributed by atoms with van der Waals surface area (Å²) in [6, 6.07) is 39.9. The Hall–Kier alpha value is -5.07. The lowest BCUT2D eigenvalue weighted by atomic mass is 10.0. The minimum atomic E-state index is -0.00472. The maximum Gasteiger partial charge on any atom is 0.326 e. The number of benzene rings is 5. The van der Waals surface area contributed by atoms with Gasteiger partial charge in [-0.05, 0) is 42.0 Å². The quantitative estimate of drug-likeness (QED) is 0.220. The average molecular weight is 562 g/mol. The maximum atomic E-state index is 12.7. The van der Waals surface area contributed by atoms with Crippen LogP contribution in [-0.4, -0.2) is 37.5 Å². The molecule has 0 saturated carbocycles. The zero-order valence-electron chi connectivity index (χ0n) is 23.8. The molecule has 1 aliphatic heterocycles. The molecule has 2 aromatic heterocycles. The molecule has 3 heterocycles. The number of nitrogens with one attached hydrogen (secondary N) is 1. The summed E-state index contributed by atoms with van der Waals surface area (Å²) in [5.74, 6) is 0. The Labute approximate surface area is 249 Å². The number of rotatable bonds is 5. The number of likely N-dealkylation sites (tertiary alicyclic amines) is 1. The van der Waals surface area contributed by atoms with Gasteiger partial charge in [-0.15, -0.1) is 0 Å². The molecule has 1 N–H and O–H groups in total. The molecule has 0 amide bonds. The first-order valence-electron chi connectivity index (χ1n) is 15.0. The standard InChI is InChI=1S/C37H31N5O/c43-37-39-31-12-6-7-13-33(31)42(37)29-20-22-41(23-21-29)24-25-14-16-28(17-15-25)35-34(27-9-2-1-3-10-27)38-32-19-18-26-8-4-5-11-30(26)36(32)40-35/h1-19,29H,20-24H2,(H,39,43). The second-order valence-corrected chi connectivity index (χ2v) is 11.5. The number of piperidine rings is 1. The summed E-state index contributed by atoms with van der Waals surface area (Å²) < 4.78 is 1.96. The molecule has 1 aliphatic rings. The van der Waals surface area contributed by atoms with E-state index in [2.05, 4.69) is 82.7 Å². The third kappa shape index (κ3) is 4.70. The third-order valence-corrected chi connectivity index (χ3v) is 8.79. The monoisotopic (exact) mass is 561 g/mol. The van der Waals surface area contributed by atoms with Gasteiger partial charge in [0.25, 0.3) is 0 Å². The van der Waals surface area contributed by atoms with Crippen molar-refractivity contribution < 1.29 is 0 Å². The van der Waals surface area contributed by atoms with Crippen LogP contribution in [0.5, 0.6) is 0 Å². The van der Waals surface area contributed by atoms with E-state index in [4.69, 9.17) is 9.97 Å². The number of aromatic amines is 1. The van der Waals surface area contributed by atoms with Crippen LogP contribution in [0.25, 0.3) is 55.4 Å². The fraction of sp³-hybridized carbons (Fsp3) is 0.162. The molecule has 0 unspecified atom stereocenters. The van der Waals surface area contributed by atoms with Crippen LogP contribution in [0.3, 0.4) is 0 Å². The predicted octanol–water partition coefficient (Wildman–Crippen LogP) is 7.60. The Morgan fingerprint density at radius 3 is 2.23 bits per heavy atom. The number of imidazole rings is 1. The van der Waals surface area contributed by atoms with E-state index >= 15 is 0 Å². The Morgan fingerprint density at radius 2 is 1.40 bits per heavy atom. The van der Waals surface area contributed by atoms with Crippen molar-refractivity contribution in [3.8, 4) is 22.5 Å². The van der Waals surface area contributed by atoms with E-state index in [-0.39, 0.29) is 11.7 Å². The number of aromatic nitrogens is 4. The molecule has 210 valence electrons. The molecule has 1 fully saturated rings. The molecule has 0 radical (unpaired) electrons. The topological polar surface area (TPSA) is 66.8 Å². The van der Waals surface area contributed by atoms with Crippen molar-refractivity contribution in [2.24, 2.45) is 0 Å². The number of hydrogen-bond acceptors (Lipinski definition) is 4. The van der Waals surface area contributed by atoms with Gasteiger partial charge >= 0.3 is 5.69 Å². The van der Waals surface area contributed by atoms with Crippen molar-refractivity contribution >= 4 is 32.8 Å². The van der Waals surface area contributed by atoms with Crippen molar-refractivity contribution in [2.45, 2.75) is 25.4 Å². The van der Waals surface area contributed by atoms with Crippen LogP contribution >= 0.6 is 0 Å². The smallest absolute Gasteiger partial charge is 0.306 e. The molecule has 7 aromatic rings. The highest BCUT2D eigenvalue weighted by Gasteiger charge is 2.24. The third-order valence-electron chi connectivity index (χ3n) is 8.79. The zero-order valence-corrected chi connectivity index (χ0v) is 23.8. The van der Waals surface area contributed by atoms with E-state index in [1.165, 1.54) is 5.56 Å². The summed E-state index contributed by atoms with van der Waals surface area (Å²) in [5.41, 5.74) is 8.91. The molecule has 0 aliphatic carbocycles. The number of H-pyrrole nitrogens is 1. The predicted molar refractivity (Wildman–Crippen MR) is 174 cm³/mol. The van der Waals surface area contributed by atoms with Crippen molar-refractivity contribution in [1.29, 1.82) is 0 Å². The fourth-order valence-electron chi connectivity index (χ4n) is 6.59. The van der Waals surface area contributed by atoms with Crippen LogP contribution in [0.4, 0.5) is 0 Å². The van der Waals surface area contributed by atoms with Gasteiger partial charge in [0.2, 0.25) is 0 Å². The lowest BCUT2D eigenvalue weighted by Gasteiger charge is -2.32. The molecule has 0 bridgehead atoms. The molecule has 8 rings (SSSR count). The largest absolute Gasteiger partial charge is 0.326 e. The molecule has 5 aromatic carbocycles. The van der Waals surface area contributed by atoms with Crippen LogP contribution in [0.2, 0.25) is 0 Å². The van der Waals surface area contributed by atoms with Gasteiger partial charge in [0, 0.05) is 42.2 Å². The molecule has 6 heteroatoms. The lowest BCUT2D eigenvalue weighted by molar-refractivity contribution is 0.180. The molecule has 43 heavy (non-hydrogen) atoms. The van der Waals surface area contributed by atoms with E-state index in [1.54, 1.807) is 0 Å². The van der Waals surface area contributed by atoms with Crippen LogP contribution in [-0.2, 0) is 6.54 Å². The van der Waals surface area contributed by atoms with Crippen LogP contribution in [0.1, 0.15) is 24.4 Å². The van der Waals surface area contributed by atoms with Gasteiger partial charge < -0.3 is 4.98 Å². The average Bonchev–Trinajstić information content (AvgIpc) is 3.41. The first kappa shape index (κ1) is 25.6. The zero-order chi connectivity index (χ0) is 28.8. The normalized spacial score (nSPS) is 14.6. The first-order valence-corrected chi connectivity index (χ1v) is 15.0. The number of para-hydroxylation sites is 2. The van der Waals surface area contributed by atoms with Crippen LogP contribution in [0, 0.1) is 0 Å². The molecule has 6 nitrogen and oxygen atoms in total. The maximum absolute atomic E-state index is 12.7. The molecule has 0 atom stereocenters. The second-order valence-electron chi connectivity index (χ2n) is 11.5. The van der Waals surface area contributed by atoms with Crippen molar-refractivity contribution in [2.75, 3.05) is 13.1 Å². The molecule has 1 saturated heterocycles. The summed E-state index contributed by atoms with van der Waals surface area (Å²) >= 11 is 0. The number of hydrogen-bond donors (Lipinski definition) is 1.